The van der Waals surface area contributed by atoms with Gasteiger partial charge in [-0.15, -0.1) is 12.6 Å². The van der Waals surface area contributed by atoms with Crippen LogP contribution in [0.4, 0.5) is 11.4 Å². The molecule has 1 saturated carbocycles. The molecule has 5 rings (SSSR count). The van der Waals surface area contributed by atoms with E-state index in [1.54, 1.807) is 17.7 Å². The molecule has 6 heteroatoms. The van der Waals surface area contributed by atoms with Gasteiger partial charge in [-0.25, -0.2) is 4.79 Å². The van der Waals surface area contributed by atoms with Crippen LogP contribution in [-0.2, 0) is 10.2 Å². The van der Waals surface area contributed by atoms with Crippen molar-refractivity contribution < 1.29 is 14.6 Å². The minimum absolute atomic E-state index is 0.313. The van der Waals surface area contributed by atoms with E-state index in [2.05, 4.69) is 79.4 Å². The van der Waals surface area contributed by atoms with Gasteiger partial charge in [0.2, 0.25) is 0 Å². The minimum Gasteiger partial charge on any atom is -0.482 e. The molecule has 1 spiro atoms. The molecule has 1 aliphatic carbocycles. The van der Waals surface area contributed by atoms with E-state index in [1.165, 1.54) is 54.6 Å². The molecular weight excluding hydrogens is 468 g/mol. The van der Waals surface area contributed by atoms with Crippen molar-refractivity contribution in [1.82, 2.24) is 0 Å². The van der Waals surface area contributed by atoms with Crippen LogP contribution in [0.1, 0.15) is 43.2 Å². The predicted molar refractivity (Wildman–Crippen MR) is 151 cm³/mol. The van der Waals surface area contributed by atoms with Crippen molar-refractivity contribution in [2.45, 2.75) is 49.3 Å². The maximum atomic E-state index is 10.2. The molecule has 1 fully saturated rings. The number of carbonyl (C=O) groups is 1. The summed E-state index contributed by atoms with van der Waals surface area (Å²) in [4.78, 5) is 13.2. The van der Waals surface area contributed by atoms with Crippen molar-refractivity contribution >= 4 is 30.0 Å². The molecule has 0 atom stereocenters. The molecule has 0 saturated heterocycles. The normalized spacial score (nSPS) is 15.3. The number of aliphatic carboxylic acids is 1. The first-order chi connectivity index (χ1) is 17.3. The monoisotopic (exact) mass is 504 g/mol. The van der Waals surface area contributed by atoms with Gasteiger partial charge in [0.05, 0.1) is 0 Å². The molecule has 5 nitrogen and oxygen atoms in total. The Kier molecular flexibility index (Phi) is 8.14. The second-order valence-corrected chi connectivity index (χ2v) is 10.5. The zero-order valence-corrected chi connectivity index (χ0v) is 22.3. The predicted octanol–water partition coefficient (Wildman–Crippen LogP) is 6.79. The first kappa shape index (κ1) is 26.0. The molecule has 0 unspecified atom stereocenters. The van der Waals surface area contributed by atoms with Crippen LogP contribution in [0.3, 0.4) is 0 Å². The van der Waals surface area contributed by atoms with Crippen molar-refractivity contribution in [1.29, 1.82) is 0 Å². The van der Waals surface area contributed by atoms with E-state index in [4.69, 9.17) is 9.84 Å². The molecule has 3 aromatic rings. The highest BCUT2D eigenvalue weighted by Gasteiger charge is 2.39. The van der Waals surface area contributed by atoms with Gasteiger partial charge < -0.3 is 20.1 Å². The number of hydrogen-bond acceptors (Lipinski definition) is 5. The molecule has 1 aliphatic heterocycles. The van der Waals surface area contributed by atoms with Crippen molar-refractivity contribution in [2.75, 3.05) is 37.5 Å². The van der Waals surface area contributed by atoms with Gasteiger partial charge in [-0.3, -0.25) is 0 Å². The lowest BCUT2D eigenvalue weighted by Gasteiger charge is -2.33. The summed E-state index contributed by atoms with van der Waals surface area (Å²) in [6.45, 7) is 2.66. The van der Waals surface area contributed by atoms with Crippen LogP contribution >= 0.6 is 12.6 Å². The number of thiol groups is 1. The van der Waals surface area contributed by atoms with E-state index in [0.29, 0.717) is 11.2 Å². The zero-order valence-electron chi connectivity index (χ0n) is 21.4. The SMILES string of the molecule is CN(C)c1ccc(-c2ccc3c(c2)C2(CCCCC2)CN3)cc1.Cc1cc(S)ccc1OCC(=O)O. The number of benzene rings is 3. The molecule has 0 amide bonds. The second kappa shape index (κ2) is 11.3. The van der Waals surface area contributed by atoms with Crippen molar-refractivity contribution in [3.63, 3.8) is 0 Å². The van der Waals surface area contributed by atoms with Crippen LogP contribution in [0.15, 0.2) is 65.6 Å². The minimum atomic E-state index is -0.977. The van der Waals surface area contributed by atoms with Crippen molar-refractivity contribution in [2.24, 2.45) is 0 Å². The number of carboxylic acids is 1. The van der Waals surface area contributed by atoms with Gasteiger partial charge in [-0.1, -0.05) is 37.5 Å². The smallest absolute Gasteiger partial charge is 0.341 e. The Hall–Kier alpha value is -3.12. The quantitative estimate of drug-likeness (QED) is 0.334. The molecular formula is C30H36N2O3S. The van der Waals surface area contributed by atoms with Crippen LogP contribution in [-0.4, -0.2) is 38.3 Å². The van der Waals surface area contributed by atoms with Crippen LogP contribution in [0.5, 0.6) is 5.75 Å². The Morgan fingerprint density at radius 1 is 1.00 bits per heavy atom. The summed E-state index contributed by atoms with van der Waals surface area (Å²) in [5.74, 6) is -0.394. The third kappa shape index (κ3) is 5.98. The van der Waals surface area contributed by atoms with E-state index < -0.39 is 5.97 Å². The lowest BCUT2D eigenvalue weighted by atomic mass is 9.70. The van der Waals surface area contributed by atoms with Gasteiger partial charge >= 0.3 is 5.97 Å². The summed E-state index contributed by atoms with van der Waals surface area (Å²) in [5.41, 5.74) is 8.12. The van der Waals surface area contributed by atoms with Gasteiger partial charge in [0.1, 0.15) is 5.75 Å². The van der Waals surface area contributed by atoms with Crippen molar-refractivity contribution in [3.05, 3.63) is 71.8 Å². The highest BCUT2D eigenvalue weighted by atomic mass is 32.1. The van der Waals surface area contributed by atoms with Gasteiger partial charge in [-0.05, 0) is 84.5 Å². The summed E-state index contributed by atoms with van der Waals surface area (Å²) in [6, 6.07) is 21.2. The van der Waals surface area contributed by atoms with Crippen molar-refractivity contribution in [3.8, 4) is 16.9 Å². The number of nitrogens with zero attached hydrogens (tertiary/aromatic N) is 1. The van der Waals surface area contributed by atoms with E-state index in [9.17, 15) is 4.79 Å². The molecule has 3 aromatic carbocycles. The van der Waals surface area contributed by atoms with E-state index in [0.717, 1.165) is 17.0 Å². The van der Waals surface area contributed by atoms with Crippen LogP contribution < -0.4 is 15.0 Å². The average molecular weight is 505 g/mol. The Balaban J connectivity index is 0.000000200. The molecule has 2 N–H and O–H groups in total. The fourth-order valence-corrected chi connectivity index (χ4v) is 5.51. The largest absolute Gasteiger partial charge is 0.482 e. The third-order valence-corrected chi connectivity index (χ3v) is 7.52. The molecule has 0 bridgehead atoms. The van der Waals surface area contributed by atoms with E-state index in [-0.39, 0.29) is 6.61 Å². The molecule has 0 aromatic heterocycles. The summed E-state index contributed by atoms with van der Waals surface area (Å²) < 4.78 is 5.02. The number of nitrogens with one attached hydrogen (secondary N) is 1. The first-order valence-electron chi connectivity index (χ1n) is 12.6. The maximum Gasteiger partial charge on any atom is 0.341 e. The maximum absolute atomic E-state index is 10.2. The van der Waals surface area contributed by atoms with Gasteiger partial charge in [0.15, 0.2) is 6.61 Å². The summed E-state index contributed by atoms with van der Waals surface area (Å²) >= 11 is 4.14. The Morgan fingerprint density at radius 2 is 1.69 bits per heavy atom. The lowest BCUT2D eigenvalue weighted by Crippen LogP contribution is -2.30. The van der Waals surface area contributed by atoms with Gasteiger partial charge in [0.25, 0.3) is 0 Å². The van der Waals surface area contributed by atoms with E-state index in [1.807, 2.05) is 13.0 Å². The number of rotatable bonds is 5. The summed E-state index contributed by atoms with van der Waals surface area (Å²) in [5, 5.41) is 12.0. The zero-order chi connectivity index (χ0) is 25.7. The number of aryl methyl sites for hydroxylation is 1. The third-order valence-electron chi connectivity index (χ3n) is 7.25. The number of hydrogen-bond donors (Lipinski definition) is 3. The topological polar surface area (TPSA) is 61.8 Å². The summed E-state index contributed by atoms with van der Waals surface area (Å²) in [6.07, 6.45) is 6.85. The molecule has 2 aliphatic rings. The van der Waals surface area contributed by atoms with Gasteiger partial charge in [-0.2, -0.15) is 0 Å². The van der Waals surface area contributed by atoms with Gasteiger partial charge in [0, 0.05) is 42.3 Å². The lowest BCUT2D eigenvalue weighted by molar-refractivity contribution is -0.139. The Labute approximate surface area is 219 Å². The molecule has 190 valence electrons. The van der Waals surface area contributed by atoms with E-state index >= 15 is 0 Å². The number of anilines is 2. The van der Waals surface area contributed by atoms with Crippen LogP contribution in [0, 0.1) is 6.92 Å². The molecule has 0 radical (unpaired) electrons. The highest BCUT2D eigenvalue weighted by molar-refractivity contribution is 7.80. The fourth-order valence-electron chi connectivity index (χ4n) is 5.24. The molecule has 1 heterocycles. The average Bonchev–Trinajstić information content (AvgIpc) is 3.21. The highest BCUT2D eigenvalue weighted by Crippen LogP contribution is 2.47. The molecule has 36 heavy (non-hydrogen) atoms. The summed E-state index contributed by atoms with van der Waals surface area (Å²) in [7, 11) is 4.17. The Bertz CT molecular complexity index is 1200. The number of ether oxygens (including phenoxy) is 1. The first-order valence-corrected chi connectivity index (χ1v) is 13.0. The number of fused-ring (bicyclic) bond motifs is 2. The second-order valence-electron chi connectivity index (χ2n) is 10.0. The number of carboxylic acid groups (broad SMARTS) is 1. The Morgan fingerprint density at radius 3 is 2.33 bits per heavy atom. The van der Waals surface area contributed by atoms with Crippen LogP contribution in [0.25, 0.3) is 11.1 Å². The standard InChI is InChI=1S/C21H26N2.C9H10O3S/c1-23(2)18-9-6-16(7-10-18)17-8-11-20-19(14-17)21(15-22-20)12-4-3-5-13-21;1-6-4-7(13)2-3-8(6)12-5-9(10)11/h6-11,14,22H,3-5,12-13,15H2,1-2H3;2-4,13H,5H2,1H3,(H,10,11). The fraction of sp³-hybridized carbons (Fsp3) is 0.367. The van der Waals surface area contributed by atoms with Crippen LogP contribution in [0.2, 0.25) is 0 Å².